The van der Waals surface area contributed by atoms with Crippen molar-refractivity contribution in [2.45, 2.75) is 13.8 Å². The maximum Gasteiger partial charge on any atom is 0.269 e. The van der Waals surface area contributed by atoms with Gasteiger partial charge >= 0.3 is 0 Å². The highest BCUT2D eigenvalue weighted by Crippen LogP contribution is 2.10. The van der Waals surface area contributed by atoms with Crippen LogP contribution in [0.4, 0.5) is 0 Å². The summed E-state index contributed by atoms with van der Waals surface area (Å²) < 4.78 is 5.27. The summed E-state index contributed by atoms with van der Waals surface area (Å²) in [5.41, 5.74) is 6.90. The molecule has 0 aliphatic carbocycles. The molecule has 26 heavy (non-hydrogen) atoms. The zero-order valence-corrected chi connectivity index (χ0v) is 14.7. The first-order valence-corrected chi connectivity index (χ1v) is 8.06. The first kappa shape index (κ1) is 19.0. The minimum absolute atomic E-state index is 0.202. The van der Waals surface area contributed by atoms with Crippen LogP contribution >= 0.6 is 0 Å². The molecule has 0 aromatic heterocycles. The molecule has 2 aromatic rings. The van der Waals surface area contributed by atoms with Crippen LogP contribution in [0.5, 0.6) is 5.75 Å². The van der Waals surface area contributed by atoms with Crippen molar-refractivity contribution in [1.82, 2.24) is 16.2 Å². The van der Waals surface area contributed by atoms with Crippen molar-refractivity contribution in [3.8, 4) is 5.75 Å². The van der Waals surface area contributed by atoms with E-state index in [1.807, 2.05) is 32.0 Å². The highest BCUT2D eigenvalue weighted by molar-refractivity contribution is 5.97. The summed E-state index contributed by atoms with van der Waals surface area (Å²) >= 11 is 0. The third kappa shape index (κ3) is 5.94. The molecule has 0 saturated carbocycles. The molecule has 2 aromatic carbocycles. The second-order valence-electron chi connectivity index (χ2n) is 5.70. The number of hydrogen-bond acceptors (Lipinski definition) is 4. The molecule has 0 spiro atoms. The fourth-order valence-corrected chi connectivity index (χ4v) is 2.20. The fourth-order valence-electron chi connectivity index (χ4n) is 2.20. The van der Waals surface area contributed by atoms with Gasteiger partial charge in [-0.1, -0.05) is 35.9 Å². The van der Waals surface area contributed by atoms with Crippen molar-refractivity contribution < 1.29 is 19.1 Å². The summed E-state index contributed by atoms with van der Waals surface area (Å²) in [6.07, 6.45) is 0. The zero-order chi connectivity index (χ0) is 18.9. The molecule has 0 atom stereocenters. The lowest BCUT2D eigenvalue weighted by Crippen LogP contribution is -2.47. The number of aryl methyl sites for hydroxylation is 2. The van der Waals surface area contributed by atoms with Crippen LogP contribution in [-0.2, 0) is 9.59 Å². The van der Waals surface area contributed by atoms with Gasteiger partial charge in [-0.05, 0) is 37.6 Å². The normalized spacial score (nSPS) is 9.92. The number of hydrogen-bond donors (Lipinski definition) is 3. The number of para-hydroxylation sites is 1. The molecular weight excluding hydrogens is 334 g/mol. The van der Waals surface area contributed by atoms with Gasteiger partial charge in [0, 0.05) is 5.56 Å². The van der Waals surface area contributed by atoms with Crippen LogP contribution in [0.1, 0.15) is 21.5 Å². The van der Waals surface area contributed by atoms with Gasteiger partial charge in [-0.3, -0.25) is 25.2 Å². The van der Waals surface area contributed by atoms with E-state index in [9.17, 15) is 14.4 Å². The molecule has 7 heteroatoms. The lowest BCUT2D eigenvalue weighted by molar-refractivity contribution is -0.127. The average Bonchev–Trinajstić information content (AvgIpc) is 2.63. The molecule has 0 radical (unpaired) electrons. The van der Waals surface area contributed by atoms with Gasteiger partial charge in [0.05, 0.1) is 6.54 Å². The summed E-state index contributed by atoms with van der Waals surface area (Å²) in [6, 6.07) is 14.3. The van der Waals surface area contributed by atoms with Crippen molar-refractivity contribution in [1.29, 1.82) is 0 Å². The molecule has 0 saturated heterocycles. The molecule has 136 valence electrons. The van der Waals surface area contributed by atoms with Crippen LogP contribution in [0.15, 0.2) is 48.5 Å². The van der Waals surface area contributed by atoms with Gasteiger partial charge in [0.2, 0.25) is 0 Å². The topological polar surface area (TPSA) is 96.5 Å². The molecule has 3 N–H and O–H groups in total. The predicted octanol–water partition coefficient (Wildman–Crippen LogP) is 1.26. The Morgan fingerprint density at radius 3 is 2.35 bits per heavy atom. The van der Waals surface area contributed by atoms with E-state index in [4.69, 9.17) is 4.74 Å². The molecule has 0 heterocycles. The number of amides is 3. The molecule has 2 rings (SSSR count). The minimum atomic E-state index is -0.545. The number of benzene rings is 2. The third-order valence-electron chi connectivity index (χ3n) is 3.50. The van der Waals surface area contributed by atoms with Crippen molar-refractivity contribution in [2.24, 2.45) is 0 Å². The second kappa shape index (κ2) is 9.22. The number of carbonyl (C=O) groups excluding carboxylic acids is 3. The standard InChI is InChI=1S/C19H21N3O4/c1-13-8-9-16(14(2)10-13)19(25)22-21-17(23)11-20-18(24)12-26-15-6-4-3-5-7-15/h3-10H,11-12H2,1-2H3,(H,20,24)(H,21,23)(H,22,25). The van der Waals surface area contributed by atoms with E-state index in [0.717, 1.165) is 11.1 Å². The Labute approximate surface area is 151 Å². The van der Waals surface area contributed by atoms with Gasteiger partial charge in [-0.2, -0.15) is 0 Å². The van der Waals surface area contributed by atoms with E-state index in [1.54, 1.807) is 30.3 Å². The van der Waals surface area contributed by atoms with E-state index in [0.29, 0.717) is 11.3 Å². The molecule has 0 aliphatic rings. The Hall–Kier alpha value is -3.35. The summed E-state index contributed by atoms with van der Waals surface area (Å²) in [6.45, 7) is 3.27. The number of carbonyl (C=O) groups is 3. The Kier molecular flexibility index (Phi) is 6.73. The van der Waals surface area contributed by atoms with Gasteiger partial charge in [0.25, 0.3) is 17.7 Å². The average molecular weight is 355 g/mol. The first-order chi connectivity index (χ1) is 12.5. The Bertz CT molecular complexity index is 791. The summed E-state index contributed by atoms with van der Waals surface area (Å²) in [5.74, 6) is -0.844. The van der Waals surface area contributed by atoms with Crippen LogP contribution in [0.2, 0.25) is 0 Å². The van der Waals surface area contributed by atoms with Gasteiger partial charge in [0.15, 0.2) is 6.61 Å². The molecular formula is C19H21N3O4. The lowest BCUT2D eigenvalue weighted by Gasteiger charge is -2.10. The zero-order valence-electron chi connectivity index (χ0n) is 14.7. The van der Waals surface area contributed by atoms with Crippen molar-refractivity contribution in [3.05, 3.63) is 65.2 Å². The Morgan fingerprint density at radius 2 is 1.65 bits per heavy atom. The third-order valence-corrected chi connectivity index (χ3v) is 3.50. The van der Waals surface area contributed by atoms with Crippen LogP contribution in [0.3, 0.4) is 0 Å². The van der Waals surface area contributed by atoms with Crippen LogP contribution in [0.25, 0.3) is 0 Å². The van der Waals surface area contributed by atoms with Crippen molar-refractivity contribution >= 4 is 17.7 Å². The van der Waals surface area contributed by atoms with Gasteiger partial charge in [0.1, 0.15) is 5.75 Å². The number of hydrazine groups is 1. The van der Waals surface area contributed by atoms with Gasteiger partial charge in [-0.25, -0.2) is 0 Å². The van der Waals surface area contributed by atoms with E-state index < -0.39 is 17.7 Å². The van der Waals surface area contributed by atoms with Crippen LogP contribution in [-0.4, -0.2) is 30.9 Å². The smallest absolute Gasteiger partial charge is 0.269 e. The van der Waals surface area contributed by atoms with E-state index >= 15 is 0 Å². The second-order valence-corrected chi connectivity index (χ2v) is 5.70. The van der Waals surface area contributed by atoms with Crippen molar-refractivity contribution in [2.75, 3.05) is 13.2 Å². The molecule has 3 amide bonds. The summed E-state index contributed by atoms with van der Waals surface area (Å²) in [7, 11) is 0. The van der Waals surface area contributed by atoms with Crippen molar-refractivity contribution in [3.63, 3.8) is 0 Å². The highest BCUT2D eigenvalue weighted by atomic mass is 16.5. The largest absolute Gasteiger partial charge is 0.484 e. The van der Waals surface area contributed by atoms with Crippen LogP contribution in [0, 0.1) is 13.8 Å². The number of rotatable bonds is 6. The fraction of sp³-hybridized carbons (Fsp3) is 0.211. The Balaban J connectivity index is 1.69. The predicted molar refractivity (Wildman–Crippen MR) is 96.5 cm³/mol. The first-order valence-electron chi connectivity index (χ1n) is 8.06. The van der Waals surface area contributed by atoms with Gasteiger partial charge < -0.3 is 10.1 Å². The molecule has 0 bridgehead atoms. The van der Waals surface area contributed by atoms with E-state index in [1.165, 1.54) is 0 Å². The number of nitrogens with one attached hydrogen (secondary N) is 3. The molecule has 0 aliphatic heterocycles. The summed E-state index contributed by atoms with van der Waals surface area (Å²) in [5, 5.41) is 2.41. The monoisotopic (exact) mass is 355 g/mol. The lowest BCUT2D eigenvalue weighted by atomic mass is 10.1. The minimum Gasteiger partial charge on any atom is -0.484 e. The molecule has 0 unspecified atom stereocenters. The molecule has 0 fully saturated rings. The van der Waals surface area contributed by atoms with E-state index in [2.05, 4.69) is 16.2 Å². The SMILES string of the molecule is Cc1ccc(C(=O)NNC(=O)CNC(=O)COc2ccccc2)c(C)c1. The maximum absolute atomic E-state index is 12.0. The highest BCUT2D eigenvalue weighted by Gasteiger charge is 2.11. The maximum atomic E-state index is 12.0. The van der Waals surface area contributed by atoms with E-state index in [-0.39, 0.29) is 13.2 Å². The van der Waals surface area contributed by atoms with Crippen LogP contribution < -0.4 is 20.9 Å². The Morgan fingerprint density at radius 1 is 0.923 bits per heavy atom. The van der Waals surface area contributed by atoms with Gasteiger partial charge in [-0.15, -0.1) is 0 Å². The number of ether oxygens (including phenoxy) is 1. The summed E-state index contributed by atoms with van der Waals surface area (Å²) in [4.78, 5) is 35.4. The molecule has 7 nitrogen and oxygen atoms in total. The quantitative estimate of drug-likeness (QED) is 0.680.